The SMILES string of the molecule is COC(=O)CC/C=C(/C)C(=O)NCc1ccccc1. The number of nitrogens with one attached hydrogen (secondary N) is 1. The third kappa shape index (κ3) is 5.86. The second-order valence-corrected chi connectivity index (χ2v) is 4.17. The van der Waals surface area contributed by atoms with Gasteiger partial charge in [0.05, 0.1) is 7.11 Å². The Labute approximate surface area is 113 Å². The molecular weight excluding hydrogens is 242 g/mol. The molecule has 0 spiro atoms. The van der Waals surface area contributed by atoms with Crippen LogP contribution < -0.4 is 5.32 Å². The van der Waals surface area contributed by atoms with Gasteiger partial charge in [0.1, 0.15) is 0 Å². The molecule has 0 atom stereocenters. The highest BCUT2D eigenvalue weighted by atomic mass is 16.5. The largest absolute Gasteiger partial charge is 0.469 e. The molecule has 0 saturated heterocycles. The van der Waals surface area contributed by atoms with Crippen molar-refractivity contribution in [3.05, 3.63) is 47.5 Å². The summed E-state index contributed by atoms with van der Waals surface area (Å²) in [5, 5.41) is 2.83. The van der Waals surface area contributed by atoms with Crippen LogP contribution in [0, 0.1) is 0 Å². The zero-order valence-electron chi connectivity index (χ0n) is 11.3. The molecular formula is C15H19NO3. The smallest absolute Gasteiger partial charge is 0.305 e. The molecule has 0 fully saturated rings. The number of amides is 1. The Morgan fingerprint density at radius 3 is 2.58 bits per heavy atom. The molecule has 0 aromatic heterocycles. The van der Waals surface area contributed by atoms with Crippen LogP contribution in [-0.4, -0.2) is 19.0 Å². The van der Waals surface area contributed by atoms with Gasteiger partial charge in [-0.15, -0.1) is 0 Å². The van der Waals surface area contributed by atoms with E-state index in [1.165, 1.54) is 7.11 Å². The van der Waals surface area contributed by atoms with E-state index in [4.69, 9.17) is 0 Å². The van der Waals surface area contributed by atoms with Gasteiger partial charge >= 0.3 is 5.97 Å². The van der Waals surface area contributed by atoms with Crippen LogP contribution in [-0.2, 0) is 20.9 Å². The minimum absolute atomic E-state index is 0.117. The van der Waals surface area contributed by atoms with E-state index in [1.54, 1.807) is 13.0 Å². The van der Waals surface area contributed by atoms with Crippen molar-refractivity contribution in [3.63, 3.8) is 0 Å². The number of ether oxygens (including phenoxy) is 1. The molecule has 1 aromatic carbocycles. The van der Waals surface area contributed by atoms with Crippen molar-refractivity contribution >= 4 is 11.9 Å². The second-order valence-electron chi connectivity index (χ2n) is 4.17. The molecule has 19 heavy (non-hydrogen) atoms. The molecule has 1 aromatic rings. The van der Waals surface area contributed by atoms with Gasteiger partial charge in [0.15, 0.2) is 0 Å². The fourth-order valence-electron chi connectivity index (χ4n) is 1.52. The van der Waals surface area contributed by atoms with Gasteiger partial charge in [0.2, 0.25) is 5.91 Å². The van der Waals surface area contributed by atoms with Gasteiger partial charge in [-0.2, -0.15) is 0 Å². The van der Waals surface area contributed by atoms with Crippen LogP contribution in [0.15, 0.2) is 42.0 Å². The maximum atomic E-state index is 11.8. The van der Waals surface area contributed by atoms with Gasteiger partial charge in [-0.3, -0.25) is 9.59 Å². The summed E-state index contributed by atoms with van der Waals surface area (Å²) in [7, 11) is 1.35. The minimum atomic E-state index is -0.270. The Kier molecular flexibility index (Phi) is 6.36. The molecule has 4 nitrogen and oxygen atoms in total. The van der Waals surface area contributed by atoms with Gasteiger partial charge in [0, 0.05) is 18.5 Å². The summed E-state index contributed by atoms with van der Waals surface area (Å²) in [6.07, 6.45) is 2.55. The third-order valence-electron chi connectivity index (χ3n) is 2.68. The number of methoxy groups -OCH3 is 1. The van der Waals surface area contributed by atoms with Crippen molar-refractivity contribution in [2.45, 2.75) is 26.3 Å². The van der Waals surface area contributed by atoms with Crippen molar-refractivity contribution < 1.29 is 14.3 Å². The molecule has 1 amide bonds. The van der Waals surface area contributed by atoms with Crippen molar-refractivity contribution in [1.82, 2.24) is 5.32 Å². The predicted octanol–water partition coefficient (Wildman–Crippen LogP) is 2.20. The first-order valence-corrected chi connectivity index (χ1v) is 6.19. The Balaban J connectivity index is 2.36. The van der Waals surface area contributed by atoms with Crippen molar-refractivity contribution in [3.8, 4) is 0 Å². The highest BCUT2D eigenvalue weighted by Gasteiger charge is 2.04. The first-order valence-electron chi connectivity index (χ1n) is 6.19. The van der Waals surface area contributed by atoms with Crippen molar-refractivity contribution in [1.29, 1.82) is 0 Å². The Hall–Kier alpha value is -2.10. The lowest BCUT2D eigenvalue weighted by atomic mass is 10.2. The van der Waals surface area contributed by atoms with Crippen LogP contribution in [0.3, 0.4) is 0 Å². The number of allylic oxidation sites excluding steroid dienone is 1. The summed E-state index contributed by atoms with van der Waals surface area (Å²) >= 11 is 0. The molecule has 0 unspecified atom stereocenters. The van der Waals surface area contributed by atoms with E-state index in [2.05, 4.69) is 10.1 Å². The molecule has 0 aliphatic rings. The molecule has 102 valence electrons. The first kappa shape index (κ1) is 15.0. The quantitative estimate of drug-likeness (QED) is 0.631. The van der Waals surface area contributed by atoms with Gasteiger partial charge in [-0.1, -0.05) is 36.4 Å². The predicted molar refractivity (Wildman–Crippen MR) is 73.3 cm³/mol. The van der Waals surface area contributed by atoms with Crippen LogP contribution >= 0.6 is 0 Å². The summed E-state index contributed by atoms with van der Waals surface area (Å²) in [6, 6.07) is 9.71. The van der Waals surface area contributed by atoms with E-state index in [-0.39, 0.29) is 11.9 Å². The van der Waals surface area contributed by atoms with Gasteiger partial charge in [0.25, 0.3) is 0 Å². The molecule has 0 radical (unpaired) electrons. The number of hydrogen-bond donors (Lipinski definition) is 1. The maximum Gasteiger partial charge on any atom is 0.305 e. The van der Waals surface area contributed by atoms with E-state index in [0.29, 0.717) is 25.0 Å². The highest BCUT2D eigenvalue weighted by Crippen LogP contribution is 2.02. The molecule has 0 bridgehead atoms. The monoisotopic (exact) mass is 261 g/mol. The topological polar surface area (TPSA) is 55.4 Å². The standard InChI is InChI=1S/C15H19NO3/c1-12(7-6-10-14(17)19-2)15(18)16-11-13-8-4-3-5-9-13/h3-5,7-9H,6,10-11H2,1-2H3,(H,16,18)/b12-7-. The third-order valence-corrected chi connectivity index (χ3v) is 2.68. The Morgan fingerprint density at radius 1 is 1.26 bits per heavy atom. The zero-order chi connectivity index (χ0) is 14.1. The molecule has 0 saturated carbocycles. The van der Waals surface area contributed by atoms with Crippen LogP contribution in [0.4, 0.5) is 0 Å². The van der Waals surface area contributed by atoms with E-state index in [1.807, 2.05) is 30.3 Å². The number of carbonyl (C=O) groups excluding carboxylic acids is 2. The average Bonchev–Trinajstić information content (AvgIpc) is 2.45. The lowest BCUT2D eigenvalue weighted by Gasteiger charge is -2.05. The molecule has 0 aliphatic heterocycles. The van der Waals surface area contributed by atoms with Gasteiger partial charge < -0.3 is 10.1 Å². The summed E-state index contributed by atoms with van der Waals surface area (Å²) in [5.41, 5.74) is 1.66. The molecule has 0 heterocycles. The first-order chi connectivity index (χ1) is 9.13. The minimum Gasteiger partial charge on any atom is -0.469 e. The number of esters is 1. The normalized spacial score (nSPS) is 10.9. The highest BCUT2D eigenvalue weighted by molar-refractivity contribution is 5.92. The average molecular weight is 261 g/mol. The fraction of sp³-hybridized carbons (Fsp3) is 0.333. The van der Waals surface area contributed by atoms with E-state index in [9.17, 15) is 9.59 Å². The molecule has 1 rings (SSSR count). The van der Waals surface area contributed by atoms with E-state index < -0.39 is 0 Å². The van der Waals surface area contributed by atoms with Crippen molar-refractivity contribution in [2.24, 2.45) is 0 Å². The van der Waals surface area contributed by atoms with Crippen LogP contribution in [0.5, 0.6) is 0 Å². The second kappa shape index (κ2) is 8.08. The van der Waals surface area contributed by atoms with Crippen LogP contribution in [0.25, 0.3) is 0 Å². The van der Waals surface area contributed by atoms with Crippen LogP contribution in [0.2, 0.25) is 0 Å². The number of rotatable bonds is 6. The molecule has 1 N–H and O–H groups in total. The number of carbonyl (C=O) groups is 2. The van der Waals surface area contributed by atoms with Gasteiger partial charge in [-0.25, -0.2) is 0 Å². The number of hydrogen-bond acceptors (Lipinski definition) is 3. The maximum absolute atomic E-state index is 11.8. The summed E-state index contributed by atoms with van der Waals surface area (Å²) < 4.78 is 4.53. The van der Waals surface area contributed by atoms with Gasteiger partial charge in [-0.05, 0) is 18.9 Å². The Bertz CT molecular complexity index is 452. The Morgan fingerprint density at radius 2 is 1.95 bits per heavy atom. The van der Waals surface area contributed by atoms with E-state index >= 15 is 0 Å². The summed E-state index contributed by atoms with van der Waals surface area (Å²) in [6.45, 7) is 2.24. The fourth-order valence-corrected chi connectivity index (χ4v) is 1.52. The van der Waals surface area contributed by atoms with E-state index in [0.717, 1.165) is 5.56 Å². The summed E-state index contributed by atoms with van der Waals surface area (Å²) in [5.74, 6) is -0.387. The number of benzene rings is 1. The molecule has 0 aliphatic carbocycles. The lowest BCUT2D eigenvalue weighted by molar-refractivity contribution is -0.140. The summed E-state index contributed by atoms with van der Waals surface area (Å²) in [4.78, 5) is 22.7. The molecule has 4 heteroatoms. The van der Waals surface area contributed by atoms with Crippen molar-refractivity contribution in [2.75, 3.05) is 7.11 Å². The zero-order valence-corrected chi connectivity index (χ0v) is 11.3. The lowest BCUT2D eigenvalue weighted by Crippen LogP contribution is -2.23. The van der Waals surface area contributed by atoms with Crippen LogP contribution in [0.1, 0.15) is 25.3 Å².